The number of fused-ring (bicyclic) bond motifs is 9. The maximum absolute atomic E-state index is 2.42. The Balaban J connectivity index is 1.02. The van der Waals surface area contributed by atoms with Crippen LogP contribution in [-0.2, 0) is 6.42 Å². The molecule has 10 aromatic rings. The summed E-state index contributed by atoms with van der Waals surface area (Å²) < 4.78 is 0. The summed E-state index contributed by atoms with van der Waals surface area (Å²) in [7, 11) is 0. The highest BCUT2D eigenvalue weighted by Crippen LogP contribution is 2.47. The highest BCUT2D eigenvalue weighted by atomic mass is 15.1. The molecule has 0 heterocycles. The zero-order valence-electron chi connectivity index (χ0n) is 30.2. The molecule has 0 atom stereocenters. The van der Waals surface area contributed by atoms with E-state index in [0.717, 1.165) is 29.2 Å². The van der Waals surface area contributed by atoms with E-state index in [0.29, 0.717) is 0 Å². The minimum absolute atomic E-state index is 0.873. The summed E-state index contributed by atoms with van der Waals surface area (Å²) in [4.78, 5) is 4.85. The summed E-state index contributed by atoms with van der Waals surface area (Å²) in [5.41, 5.74) is 12.3. The Morgan fingerprint density at radius 1 is 0.273 bits per heavy atom. The third kappa shape index (κ3) is 5.18. The molecule has 0 aliphatic heterocycles. The van der Waals surface area contributed by atoms with E-state index in [1.54, 1.807) is 0 Å². The molecule has 0 unspecified atom stereocenters. The Morgan fingerprint density at radius 3 is 1.16 bits per heavy atom. The van der Waals surface area contributed by atoms with Crippen molar-refractivity contribution in [1.29, 1.82) is 0 Å². The smallest absolute Gasteiger partial charge is 0.0540 e. The first-order chi connectivity index (χ1) is 27.3. The maximum atomic E-state index is 2.42. The Kier molecular flexibility index (Phi) is 7.28. The van der Waals surface area contributed by atoms with Crippen molar-refractivity contribution in [3.05, 3.63) is 217 Å². The van der Waals surface area contributed by atoms with Gasteiger partial charge in [0.05, 0.1) is 11.4 Å². The van der Waals surface area contributed by atoms with Crippen LogP contribution in [0.25, 0.3) is 54.2 Å². The minimum atomic E-state index is 0.873. The Labute approximate surface area is 320 Å². The monoisotopic (exact) mass is 700 g/mol. The van der Waals surface area contributed by atoms with Crippen LogP contribution in [-0.4, -0.2) is 0 Å². The van der Waals surface area contributed by atoms with Crippen molar-refractivity contribution in [2.45, 2.75) is 6.42 Å². The predicted molar refractivity (Wildman–Crippen MR) is 234 cm³/mol. The predicted octanol–water partition coefficient (Wildman–Crippen LogP) is 14.8. The first-order valence-corrected chi connectivity index (χ1v) is 19.1. The molecular weight excluding hydrogens is 665 g/mol. The largest absolute Gasteiger partial charge is 0.310 e. The third-order valence-corrected chi connectivity index (χ3v) is 11.4. The van der Waals surface area contributed by atoms with Gasteiger partial charge >= 0.3 is 0 Å². The molecule has 258 valence electrons. The Morgan fingerprint density at radius 2 is 0.691 bits per heavy atom. The molecule has 0 fully saturated rings. The van der Waals surface area contributed by atoms with Crippen LogP contribution in [0, 0.1) is 0 Å². The van der Waals surface area contributed by atoms with Gasteiger partial charge in [-0.2, -0.15) is 0 Å². The molecule has 0 bridgehead atoms. The van der Waals surface area contributed by atoms with Gasteiger partial charge in [0.15, 0.2) is 0 Å². The Bertz CT molecular complexity index is 2870. The van der Waals surface area contributed by atoms with Crippen LogP contribution in [0.5, 0.6) is 0 Å². The standard InChI is InChI=1S/C53H36N2/c1-3-15-40(16-4-1)54(52-23-11-21-48-44-19-9-7-13-36(44)25-29-50(48)52)42-27-31-46-38(34-42)33-39-35-43(28-32-47(39)46)55(41-17-5-2-6-18-41)53-24-12-22-49-45-20-10-8-14-37(45)26-30-51(49)53/h1-32,34-35H,33H2. The lowest BCUT2D eigenvalue weighted by atomic mass is 9.99. The van der Waals surface area contributed by atoms with E-state index in [1.165, 1.54) is 76.7 Å². The Hall–Kier alpha value is -7.16. The fourth-order valence-corrected chi connectivity index (χ4v) is 8.91. The minimum Gasteiger partial charge on any atom is -0.310 e. The van der Waals surface area contributed by atoms with Gasteiger partial charge in [0.25, 0.3) is 0 Å². The number of anilines is 6. The topological polar surface area (TPSA) is 6.48 Å². The van der Waals surface area contributed by atoms with E-state index in [1.807, 2.05) is 0 Å². The van der Waals surface area contributed by atoms with Crippen molar-refractivity contribution in [2.75, 3.05) is 9.80 Å². The van der Waals surface area contributed by atoms with E-state index >= 15 is 0 Å². The van der Waals surface area contributed by atoms with Crippen molar-refractivity contribution in [2.24, 2.45) is 0 Å². The van der Waals surface area contributed by atoms with Crippen LogP contribution in [0.4, 0.5) is 34.1 Å². The molecule has 1 aliphatic carbocycles. The van der Waals surface area contributed by atoms with Gasteiger partial charge in [0.2, 0.25) is 0 Å². The van der Waals surface area contributed by atoms with E-state index < -0.39 is 0 Å². The number of hydrogen-bond acceptors (Lipinski definition) is 2. The van der Waals surface area contributed by atoms with Gasteiger partial charge in [0.1, 0.15) is 0 Å². The van der Waals surface area contributed by atoms with Crippen LogP contribution in [0.2, 0.25) is 0 Å². The van der Waals surface area contributed by atoms with Gasteiger partial charge in [-0.25, -0.2) is 0 Å². The molecule has 0 saturated heterocycles. The first-order valence-electron chi connectivity index (χ1n) is 19.1. The lowest BCUT2D eigenvalue weighted by molar-refractivity contribution is 1.22. The van der Waals surface area contributed by atoms with Gasteiger partial charge in [0, 0.05) is 33.5 Å². The third-order valence-electron chi connectivity index (χ3n) is 11.4. The number of nitrogens with zero attached hydrogens (tertiary/aromatic N) is 2. The number of hydrogen-bond donors (Lipinski definition) is 0. The van der Waals surface area contributed by atoms with Gasteiger partial charge in [-0.1, -0.05) is 146 Å². The summed E-state index contributed by atoms with van der Waals surface area (Å²) in [5, 5.41) is 10.1. The van der Waals surface area contributed by atoms with Gasteiger partial charge in [-0.3, -0.25) is 0 Å². The molecule has 11 rings (SSSR count). The molecule has 0 N–H and O–H groups in total. The van der Waals surface area contributed by atoms with E-state index in [-0.39, 0.29) is 0 Å². The van der Waals surface area contributed by atoms with E-state index in [9.17, 15) is 0 Å². The quantitative estimate of drug-likeness (QED) is 0.159. The molecule has 55 heavy (non-hydrogen) atoms. The van der Waals surface area contributed by atoms with Gasteiger partial charge in [-0.05, 0) is 122 Å². The fourth-order valence-electron chi connectivity index (χ4n) is 8.91. The van der Waals surface area contributed by atoms with Crippen LogP contribution in [0.15, 0.2) is 206 Å². The van der Waals surface area contributed by atoms with Crippen molar-refractivity contribution >= 4 is 77.2 Å². The fraction of sp³-hybridized carbons (Fsp3) is 0.0189. The molecule has 1 aliphatic rings. The molecule has 0 spiro atoms. The van der Waals surface area contributed by atoms with Gasteiger partial charge in [-0.15, -0.1) is 0 Å². The molecule has 0 amide bonds. The van der Waals surface area contributed by atoms with E-state index in [4.69, 9.17) is 0 Å². The zero-order valence-corrected chi connectivity index (χ0v) is 30.2. The summed E-state index contributed by atoms with van der Waals surface area (Å²) in [6.07, 6.45) is 0.873. The summed E-state index contributed by atoms with van der Waals surface area (Å²) in [6, 6.07) is 75.5. The van der Waals surface area contributed by atoms with Crippen LogP contribution >= 0.6 is 0 Å². The van der Waals surface area contributed by atoms with Crippen molar-refractivity contribution in [3.8, 4) is 11.1 Å². The second-order valence-electron chi connectivity index (χ2n) is 14.5. The first kappa shape index (κ1) is 31.4. The highest BCUT2D eigenvalue weighted by molar-refractivity contribution is 6.14. The second kappa shape index (κ2) is 12.8. The van der Waals surface area contributed by atoms with Crippen LogP contribution in [0.1, 0.15) is 11.1 Å². The van der Waals surface area contributed by atoms with Crippen LogP contribution in [0.3, 0.4) is 0 Å². The highest BCUT2D eigenvalue weighted by Gasteiger charge is 2.24. The van der Waals surface area contributed by atoms with Crippen molar-refractivity contribution in [3.63, 3.8) is 0 Å². The van der Waals surface area contributed by atoms with Gasteiger partial charge < -0.3 is 9.80 Å². The lowest BCUT2D eigenvalue weighted by Crippen LogP contribution is -2.10. The normalized spacial score (nSPS) is 11.9. The molecule has 0 radical (unpaired) electrons. The maximum Gasteiger partial charge on any atom is 0.0540 e. The SMILES string of the molecule is c1ccc(N(c2ccc3c(c2)Cc2cc(N(c4ccccc4)c4cccc5c4ccc4ccccc45)ccc2-3)c2cccc3c2ccc2ccccc23)cc1. The summed E-state index contributed by atoms with van der Waals surface area (Å²) >= 11 is 0. The van der Waals surface area contributed by atoms with Crippen molar-refractivity contribution in [1.82, 2.24) is 0 Å². The van der Waals surface area contributed by atoms with Crippen LogP contribution < -0.4 is 9.80 Å². The molecular formula is C53H36N2. The summed E-state index contributed by atoms with van der Waals surface area (Å²) in [6.45, 7) is 0. The average molecular weight is 701 g/mol. The molecule has 2 nitrogen and oxygen atoms in total. The molecule has 0 saturated carbocycles. The second-order valence-corrected chi connectivity index (χ2v) is 14.5. The molecule has 2 heteroatoms. The number of para-hydroxylation sites is 2. The average Bonchev–Trinajstić information content (AvgIpc) is 3.62. The molecule has 0 aromatic heterocycles. The van der Waals surface area contributed by atoms with E-state index in [2.05, 4.69) is 216 Å². The number of benzene rings is 10. The molecule has 10 aromatic carbocycles. The lowest BCUT2D eigenvalue weighted by Gasteiger charge is -2.27. The number of rotatable bonds is 6. The zero-order chi connectivity index (χ0) is 36.3. The summed E-state index contributed by atoms with van der Waals surface area (Å²) in [5.74, 6) is 0. The van der Waals surface area contributed by atoms with Crippen molar-refractivity contribution < 1.29 is 0 Å².